The second-order valence-corrected chi connectivity index (χ2v) is 5.83. The molecular weight excluding hydrogens is 268 g/mol. The van der Waals surface area contributed by atoms with E-state index in [1.54, 1.807) is 4.90 Å². The van der Waals surface area contributed by atoms with Crippen molar-refractivity contribution >= 4 is 17.6 Å². The molecular formula is C16H22N2O3. The van der Waals surface area contributed by atoms with E-state index in [4.69, 9.17) is 0 Å². The summed E-state index contributed by atoms with van der Waals surface area (Å²) in [6, 6.07) is 7.16. The molecule has 1 heterocycles. The second-order valence-electron chi connectivity index (χ2n) is 5.83. The third kappa shape index (κ3) is 3.82. The van der Waals surface area contributed by atoms with Crippen molar-refractivity contribution in [3.05, 3.63) is 29.8 Å². The summed E-state index contributed by atoms with van der Waals surface area (Å²) in [6.45, 7) is 4.66. The first-order valence-electron chi connectivity index (χ1n) is 7.33. The number of carbonyl (C=O) groups excluding carboxylic acids is 1. The highest BCUT2D eigenvalue weighted by molar-refractivity contribution is 5.97. The van der Waals surface area contributed by atoms with Crippen molar-refractivity contribution in [3.63, 3.8) is 0 Å². The summed E-state index contributed by atoms with van der Waals surface area (Å²) >= 11 is 0. The summed E-state index contributed by atoms with van der Waals surface area (Å²) < 4.78 is 0. The predicted molar refractivity (Wildman–Crippen MR) is 81.4 cm³/mol. The zero-order valence-electron chi connectivity index (χ0n) is 12.5. The number of benzene rings is 1. The zero-order valence-corrected chi connectivity index (χ0v) is 12.5. The Kier molecular flexibility index (Phi) is 4.96. The van der Waals surface area contributed by atoms with Crippen LogP contribution in [0.5, 0.6) is 0 Å². The number of aliphatic carboxylic acids is 1. The minimum Gasteiger partial charge on any atom is -0.480 e. The van der Waals surface area contributed by atoms with Crippen molar-refractivity contribution < 1.29 is 14.7 Å². The summed E-state index contributed by atoms with van der Waals surface area (Å²) in [5.41, 5.74) is 2.11. The smallest absolute Gasteiger partial charge is 0.320 e. The number of para-hydroxylation sites is 1. The van der Waals surface area contributed by atoms with Gasteiger partial charge in [-0.2, -0.15) is 0 Å². The molecule has 0 radical (unpaired) electrons. The van der Waals surface area contributed by atoms with Crippen LogP contribution in [-0.2, 0) is 16.0 Å². The number of nitrogens with zero attached hydrogens (tertiary/aromatic N) is 1. The molecule has 114 valence electrons. The fourth-order valence-electron chi connectivity index (χ4n) is 2.65. The fourth-order valence-corrected chi connectivity index (χ4v) is 2.65. The van der Waals surface area contributed by atoms with Crippen molar-refractivity contribution in [3.8, 4) is 0 Å². The second kappa shape index (κ2) is 6.72. The molecule has 0 bridgehead atoms. The van der Waals surface area contributed by atoms with Crippen LogP contribution >= 0.6 is 0 Å². The Morgan fingerprint density at radius 3 is 2.71 bits per heavy atom. The number of amides is 1. The molecule has 0 fully saturated rings. The largest absolute Gasteiger partial charge is 0.480 e. The molecule has 0 spiro atoms. The van der Waals surface area contributed by atoms with Crippen LogP contribution in [0, 0.1) is 5.92 Å². The van der Waals surface area contributed by atoms with Gasteiger partial charge in [0, 0.05) is 12.2 Å². The van der Waals surface area contributed by atoms with Gasteiger partial charge in [0.2, 0.25) is 5.91 Å². The number of hydrogen-bond donors (Lipinski definition) is 2. The van der Waals surface area contributed by atoms with Gasteiger partial charge in [-0.05, 0) is 30.4 Å². The van der Waals surface area contributed by atoms with E-state index in [1.807, 2.05) is 38.1 Å². The highest BCUT2D eigenvalue weighted by atomic mass is 16.4. The highest BCUT2D eigenvalue weighted by Gasteiger charge is 2.25. The van der Waals surface area contributed by atoms with Crippen molar-refractivity contribution in [2.24, 2.45) is 5.92 Å². The van der Waals surface area contributed by atoms with Gasteiger partial charge < -0.3 is 10.0 Å². The number of carbonyl (C=O) groups is 2. The molecule has 5 nitrogen and oxygen atoms in total. The first-order chi connectivity index (χ1) is 9.99. The molecule has 0 aromatic heterocycles. The topological polar surface area (TPSA) is 69.6 Å². The SMILES string of the molecule is CC(C)CC(NCC(=O)N1CCc2ccccc21)C(=O)O. The number of fused-ring (bicyclic) bond motifs is 1. The number of carboxylic acids is 1. The van der Waals surface area contributed by atoms with Crippen molar-refractivity contribution in [2.75, 3.05) is 18.0 Å². The molecule has 0 saturated carbocycles. The predicted octanol–water partition coefficient (Wildman–Crippen LogP) is 1.66. The fraction of sp³-hybridized carbons (Fsp3) is 0.500. The minimum absolute atomic E-state index is 0.0536. The molecule has 1 atom stereocenters. The van der Waals surface area contributed by atoms with Gasteiger partial charge in [-0.15, -0.1) is 0 Å². The van der Waals surface area contributed by atoms with Crippen LogP contribution in [-0.4, -0.2) is 36.1 Å². The van der Waals surface area contributed by atoms with Gasteiger partial charge in [0.25, 0.3) is 0 Å². The van der Waals surface area contributed by atoms with Gasteiger partial charge in [0.1, 0.15) is 6.04 Å². The average molecular weight is 290 g/mol. The third-order valence-corrected chi connectivity index (χ3v) is 3.69. The summed E-state index contributed by atoms with van der Waals surface area (Å²) in [7, 11) is 0. The lowest BCUT2D eigenvalue weighted by Gasteiger charge is -2.20. The number of carboxylic acid groups (broad SMARTS) is 1. The Morgan fingerprint density at radius 1 is 1.33 bits per heavy atom. The first-order valence-corrected chi connectivity index (χ1v) is 7.33. The molecule has 21 heavy (non-hydrogen) atoms. The van der Waals surface area contributed by atoms with Crippen LogP contribution in [0.25, 0.3) is 0 Å². The van der Waals surface area contributed by atoms with Gasteiger partial charge in [-0.3, -0.25) is 14.9 Å². The van der Waals surface area contributed by atoms with Crippen LogP contribution in [0.4, 0.5) is 5.69 Å². The quantitative estimate of drug-likeness (QED) is 0.836. The van der Waals surface area contributed by atoms with E-state index in [2.05, 4.69) is 5.32 Å². The van der Waals surface area contributed by atoms with Crippen LogP contribution in [0.3, 0.4) is 0 Å². The average Bonchev–Trinajstić information content (AvgIpc) is 2.86. The van der Waals surface area contributed by atoms with E-state index >= 15 is 0 Å². The Morgan fingerprint density at radius 2 is 2.05 bits per heavy atom. The molecule has 1 aromatic carbocycles. The van der Waals surface area contributed by atoms with Gasteiger partial charge in [0.05, 0.1) is 6.54 Å². The van der Waals surface area contributed by atoms with E-state index in [-0.39, 0.29) is 18.4 Å². The highest BCUT2D eigenvalue weighted by Crippen LogP contribution is 2.27. The number of nitrogens with one attached hydrogen (secondary N) is 1. The van der Waals surface area contributed by atoms with Gasteiger partial charge in [-0.25, -0.2) is 0 Å². The number of rotatable bonds is 6. The summed E-state index contributed by atoms with van der Waals surface area (Å²) in [5, 5.41) is 12.0. The van der Waals surface area contributed by atoms with Crippen LogP contribution in [0.1, 0.15) is 25.8 Å². The molecule has 0 aliphatic carbocycles. The Balaban J connectivity index is 1.95. The van der Waals surface area contributed by atoms with Crippen molar-refractivity contribution in [1.82, 2.24) is 5.32 Å². The molecule has 1 aromatic rings. The first kappa shape index (κ1) is 15.5. The summed E-state index contributed by atoms with van der Waals surface area (Å²) in [5.74, 6) is -0.713. The monoisotopic (exact) mass is 290 g/mol. The van der Waals surface area contributed by atoms with E-state index < -0.39 is 12.0 Å². The summed E-state index contributed by atoms with van der Waals surface area (Å²) in [6.07, 6.45) is 1.37. The maximum atomic E-state index is 12.3. The third-order valence-electron chi connectivity index (χ3n) is 3.69. The zero-order chi connectivity index (χ0) is 15.4. The molecule has 2 rings (SSSR count). The Hall–Kier alpha value is -1.88. The van der Waals surface area contributed by atoms with Crippen LogP contribution in [0.2, 0.25) is 0 Å². The molecule has 1 unspecified atom stereocenters. The van der Waals surface area contributed by atoms with Crippen LogP contribution < -0.4 is 10.2 Å². The van der Waals surface area contributed by atoms with E-state index in [0.717, 1.165) is 12.1 Å². The standard InChI is InChI=1S/C16H22N2O3/c1-11(2)9-13(16(20)21)17-10-15(19)18-8-7-12-5-3-4-6-14(12)18/h3-6,11,13,17H,7-10H2,1-2H3,(H,20,21). The normalized spacial score (nSPS) is 15.1. The Bertz CT molecular complexity index is 528. The van der Waals surface area contributed by atoms with Crippen molar-refractivity contribution in [1.29, 1.82) is 0 Å². The molecule has 1 aliphatic rings. The Labute approximate surface area is 125 Å². The van der Waals surface area contributed by atoms with Crippen molar-refractivity contribution in [2.45, 2.75) is 32.7 Å². The maximum absolute atomic E-state index is 12.3. The van der Waals surface area contributed by atoms with E-state index in [9.17, 15) is 14.7 Å². The molecule has 1 aliphatic heterocycles. The number of anilines is 1. The molecule has 2 N–H and O–H groups in total. The lowest BCUT2D eigenvalue weighted by Crippen LogP contribution is -2.44. The number of hydrogen-bond acceptors (Lipinski definition) is 3. The van der Waals surface area contributed by atoms with Crippen LogP contribution in [0.15, 0.2) is 24.3 Å². The molecule has 0 saturated heterocycles. The van der Waals surface area contributed by atoms with E-state index in [0.29, 0.717) is 13.0 Å². The minimum atomic E-state index is -0.904. The lowest BCUT2D eigenvalue weighted by molar-refractivity contribution is -0.140. The molecule has 1 amide bonds. The maximum Gasteiger partial charge on any atom is 0.320 e. The van der Waals surface area contributed by atoms with E-state index in [1.165, 1.54) is 5.56 Å². The molecule has 5 heteroatoms. The van der Waals surface area contributed by atoms with Gasteiger partial charge in [0.15, 0.2) is 0 Å². The van der Waals surface area contributed by atoms with Gasteiger partial charge >= 0.3 is 5.97 Å². The summed E-state index contributed by atoms with van der Waals surface area (Å²) in [4.78, 5) is 25.2. The van der Waals surface area contributed by atoms with Gasteiger partial charge in [-0.1, -0.05) is 32.0 Å². The lowest BCUT2D eigenvalue weighted by atomic mass is 10.0.